The summed E-state index contributed by atoms with van der Waals surface area (Å²) >= 11 is 0. The minimum absolute atomic E-state index is 0.104. The molecule has 21 heavy (non-hydrogen) atoms. The Labute approximate surface area is 125 Å². The van der Waals surface area contributed by atoms with Gasteiger partial charge in [-0.1, -0.05) is 43.2 Å². The van der Waals surface area contributed by atoms with E-state index in [9.17, 15) is 0 Å². The first kappa shape index (κ1) is 14.2. The maximum Gasteiger partial charge on any atom is 0.0831 e. The van der Waals surface area contributed by atoms with Crippen molar-refractivity contribution in [2.75, 3.05) is 0 Å². The molecule has 5 nitrogen and oxygen atoms in total. The van der Waals surface area contributed by atoms with E-state index in [1.54, 1.807) is 0 Å². The lowest BCUT2D eigenvalue weighted by atomic mass is 9.78. The summed E-state index contributed by atoms with van der Waals surface area (Å²) in [5.74, 6) is 7.24. The number of nitrogens with two attached hydrogens (primary N) is 1. The van der Waals surface area contributed by atoms with Crippen LogP contribution in [0.3, 0.4) is 0 Å². The third-order valence-electron chi connectivity index (χ3n) is 4.61. The van der Waals surface area contributed by atoms with Crippen molar-refractivity contribution in [3.63, 3.8) is 0 Å². The lowest BCUT2D eigenvalue weighted by Gasteiger charge is -2.32. The van der Waals surface area contributed by atoms with Crippen LogP contribution >= 0.6 is 0 Å². The highest BCUT2D eigenvalue weighted by Crippen LogP contribution is 2.36. The van der Waals surface area contributed by atoms with Crippen LogP contribution in [0, 0.1) is 11.8 Å². The number of rotatable bonds is 4. The lowest BCUT2D eigenvalue weighted by molar-refractivity contribution is 0.228. The summed E-state index contributed by atoms with van der Waals surface area (Å²) in [6.45, 7) is 2.33. The number of benzene rings is 1. The molecule has 0 radical (unpaired) electrons. The molecule has 1 fully saturated rings. The Morgan fingerprint density at radius 3 is 2.57 bits per heavy atom. The van der Waals surface area contributed by atoms with E-state index in [1.807, 2.05) is 41.2 Å². The zero-order valence-corrected chi connectivity index (χ0v) is 12.4. The van der Waals surface area contributed by atoms with Gasteiger partial charge < -0.3 is 0 Å². The van der Waals surface area contributed by atoms with E-state index in [2.05, 4.69) is 22.7 Å². The third-order valence-corrected chi connectivity index (χ3v) is 4.61. The van der Waals surface area contributed by atoms with E-state index in [0.717, 1.165) is 17.3 Å². The molecule has 1 unspecified atom stereocenters. The van der Waals surface area contributed by atoms with Crippen LogP contribution in [0.2, 0.25) is 0 Å². The first-order chi connectivity index (χ1) is 10.3. The molecule has 2 aromatic rings. The van der Waals surface area contributed by atoms with Crippen LogP contribution < -0.4 is 11.3 Å². The predicted octanol–water partition coefficient (Wildman–Crippen LogP) is 2.60. The molecule has 1 saturated carbocycles. The number of hydrazine groups is 1. The number of hydrogen-bond acceptors (Lipinski definition) is 4. The fourth-order valence-electron chi connectivity index (χ4n) is 3.31. The van der Waals surface area contributed by atoms with E-state index in [-0.39, 0.29) is 6.04 Å². The van der Waals surface area contributed by atoms with Gasteiger partial charge in [-0.2, -0.15) is 0 Å². The van der Waals surface area contributed by atoms with Crippen molar-refractivity contribution in [1.82, 2.24) is 20.4 Å². The molecule has 1 atom stereocenters. The smallest absolute Gasteiger partial charge is 0.0831 e. The van der Waals surface area contributed by atoms with Crippen LogP contribution in [0.4, 0.5) is 0 Å². The maximum atomic E-state index is 5.86. The van der Waals surface area contributed by atoms with Crippen molar-refractivity contribution < 1.29 is 0 Å². The molecule has 0 spiro atoms. The highest BCUT2D eigenvalue weighted by molar-refractivity contribution is 5.32. The van der Waals surface area contributed by atoms with Crippen LogP contribution in [0.5, 0.6) is 0 Å². The summed E-state index contributed by atoms with van der Waals surface area (Å²) in [5, 5.41) is 8.33. The van der Waals surface area contributed by atoms with Crippen LogP contribution in [-0.2, 0) is 0 Å². The zero-order valence-electron chi connectivity index (χ0n) is 12.4. The van der Waals surface area contributed by atoms with E-state index in [1.165, 1.54) is 25.7 Å². The van der Waals surface area contributed by atoms with Crippen LogP contribution in [-0.4, -0.2) is 15.0 Å². The molecule has 3 rings (SSSR count). The van der Waals surface area contributed by atoms with Crippen molar-refractivity contribution >= 4 is 0 Å². The highest BCUT2D eigenvalue weighted by atomic mass is 15.4. The summed E-state index contributed by atoms with van der Waals surface area (Å²) in [7, 11) is 0. The summed E-state index contributed by atoms with van der Waals surface area (Å²) in [6, 6.07) is 10.2. The summed E-state index contributed by atoms with van der Waals surface area (Å²) < 4.78 is 1.89. The Hall–Kier alpha value is -1.72. The molecule has 0 bridgehead atoms. The third kappa shape index (κ3) is 2.99. The number of hydrogen-bond donors (Lipinski definition) is 2. The van der Waals surface area contributed by atoms with Gasteiger partial charge in [0.05, 0.1) is 23.6 Å². The quantitative estimate of drug-likeness (QED) is 0.669. The van der Waals surface area contributed by atoms with Gasteiger partial charge in [0.2, 0.25) is 0 Å². The van der Waals surface area contributed by atoms with Crippen molar-refractivity contribution in [2.45, 2.75) is 38.6 Å². The van der Waals surface area contributed by atoms with Gasteiger partial charge in [0.1, 0.15) is 0 Å². The predicted molar refractivity (Wildman–Crippen MR) is 82.5 cm³/mol. The molecule has 1 aromatic carbocycles. The first-order valence-electron chi connectivity index (χ1n) is 7.71. The fraction of sp³-hybridized carbons (Fsp3) is 0.500. The Balaban J connectivity index is 1.87. The zero-order chi connectivity index (χ0) is 14.7. The monoisotopic (exact) mass is 285 g/mol. The molecular weight excluding hydrogens is 262 g/mol. The summed E-state index contributed by atoms with van der Waals surface area (Å²) in [5.41, 5.74) is 5.07. The molecule has 3 N–H and O–H groups in total. The first-order valence-corrected chi connectivity index (χ1v) is 7.71. The van der Waals surface area contributed by atoms with Gasteiger partial charge in [-0.25, -0.2) is 4.68 Å². The van der Waals surface area contributed by atoms with Crippen molar-refractivity contribution in [3.05, 3.63) is 42.2 Å². The lowest BCUT2D eigenvalue weighted by Crippen LogP contribution is -2.36. The van der Waals surface area contributed by atoms with Gasteiger partial charge in [0, 0.05) is 0 Å². The fourth-order valence-corrected chi connectivity index (χ4v) is 3.31. The Kier molecular flexibility index (Phi) is 4.31. The Morgan fingerprint density at radius 1 is 1.19 bits per heavy atom. The molecule has 1 heterocycles. The van der Waals surface area contributed by atoms with Crippen LogP contribution in [0.15, 0.2) is 36.5 Å². The number of nitrogens with zero attached hydrogens (tertiary/aromatic N) is 3. The van der Waals surface area contributed by atoms with Gasteiger partial charge in [-0.3, -0.25) is 11.3 Å². The second-order valence-corrected chi connectivity index (χ2v) is 6.07. The normalized spacial score (nSPS) is 23.9. The van der Waals surface area contributed by atoms with Crippen molar-refractivity contribution in [2.24, 2.45) is 17.7 Å². The average Bonchev–Trinajstić information content (AvgIpc) is 3.00. The molecule has 0 amide bonds. The summed E-state index contributed by atoms with van der Waals surface area (Å²) in [4.78, 5) is 0. The molecule has 5 heteroatoms. The molecule has 1 aromatic heterocycles. The minimum Gasteiger partial charge on any atom is -0.271 e. The van der Waals surface area contributed by atoms with Crippen molar-refractivity contribution in [3.8, 4) is 5.69 Å². The second kappa shape index (κ2) is 6.37. The van der Waals surface area contributed by atoms with Gasteiger partial charge in [-0.15, -0.1) is 5.10 Å². The molecule has 0 aliphatic heterocycles. The van der Waals surface area contributed by atoms with E-state index in [0.29, 0.717) is 5.92 Å². The molecule has 1 aliphatic carbocycles. The molecule has 1 aliphatic rings. The van der Waals surface area contributed by atoms with E-state index in [4.69, 9.17) is 5.84 Å². The molecule has 0 saturated heterocycles. The molecule has 112 valence electrons. The standard InChI is InChI=1S/C16H23N5/c1-12-7-9-13(10-8-12)16(19-17)15-11-18-20-21(15)14-5-3-2-4-6-14/h2-6,11-13,16,19H,7-10,17H2,1H3. The number of aromatic nitrogens is 3. The van der Waals surface area contributed by atoms with Crippen molar-refractivity contribution in [1.29, 1.82) is 0 Å². The van der Waals surface area contributed by atoms with Gasteiger partial charge in [-0.05, 0) is 36.8 Å². The van der Waals surface area contributed by atoms with Crippen LogP contribution in [0.1, 0.15) is 44.3 Å². The minimum atomic E-state index is 0.104. The Bertz CT molecular complexity index is 557. The Morgan fingerprint density at radius 2 is 1.90 bits per heavy atom. The number of para-hydroxylation sites is 1. The average molecular weight is 285 g/mol. The maximum absolute atomic E-state index is 5.86. The molecular formula is C16H23N5. The van der Waals surface area contributed by atoms with E-state index >= 15 is 0 Å². The number of nitrogens with one attached hydrogen (secondary N) is 1. The SMILES string of the molecule is CC1CCC(C(NN)c2cnnn2-c2ccccc2)CC1. The van der Waals surface area contributed by atoms with Gasteiger partial charge in [0.25, 0.3) is 0 Å². The topological polar surface area (TPSA) is 68.8 Å². The van der Waals surface area contributed by atoms with Gasteiger partial charge in [0.15, 0.2) is 0 Å². The van der Waals surface area contributed by atoms with E-state index < -0.39 is 0 Å². The largest absolute Gasteiger partial charge is 0.271 e. The van der Waals surface area contributed by atoms with Gasteiger partial charge >= 0.3 is 0 Å². The van der Waals surface area contributed by atoms with Crippen LogP contribution in [0.25, 0.3) is 5.69 Å². The highest BCUT2D eigenvalue weighted by Gasteiger charge is 2.29. The second-order valence-electron chi connectivity index (χ2n) is 6.07. The summed E-state index contributed by atoms with van der Waals surface area (Å²) in [6.07, 6.45) is 6.78.